The lowest BCUT2D eigenvalue weighted by Gasteiger charge is -2.29. The summed E-state index contributed by atoms with van der Waals surface area (Å²) >= 11 is 5.82. The van der Waals surface area contributed by atoms with Crippen LogP contribution in [0.2, 0.25) is 5.02 Å². The molecular weight excluding hydrogens is 323 g/mol. The number of ether oxygens (including phenoxy) is 1. The molecule has 126 valence electrons. The Balaban J connectivity index is 0.00000441. The Kier molecular flexibility index (Phi) is 9.49. The van der Waals surface area contributed by atoms with Gasteiger partial charge in [0.1, 0.15) is 11.9 Å². The zero-order chi connectivity index (χ0) is 15.9. The fourth-order valence-corrected chi connectivity index (χ4v) is 2.29. The molecule has 0 aliphatic carbocycles. The number of rotatable bonds is 8. The van der Waals surface area contributed by atoms with Crippen molar-refractivity contribution in [2.75, 3.05) is 13.1 Å². The van der Waals surface area contributed by atoms with Gasteiger partial charge in [-0.25, -0.2) is 0 Å². The van der Waals surface area contributed by atoms with Gasteiger partial charge in [0.2, 0.25) is 5.91 Å². The standard InChI is InChI=1S/C16H25ClN2O2.ClH/c1-4-16(5-2,11-18)15(20)19-10-12(3)21-14-8-6-13(17)7-9-14;/h6-9,12H,4-5,10-11,18H2,1-3H3,(H,19,20);1H. The van der Waals surface area contributed by atoms with E-state index in [0.717, 1.165) is 18.6 Å². The van der Waals surface area contributed by atoms with Gasteiger partial charge in [0.15, 0.2) is 0 Å². The maximum Gasteiger partial charge on any atom is 0.227 e. The normalized spacial score (nSPS) is 12.2. The fraction of sp³-hybridized carbons (Fsp3) is 0.562. The van der Waals surface area contributed by atoms with Crippen LogP contribution in [0.5, 0.6) is 5.75 Å². The first kappa shape index (κ1) is 21.0. The van der Waals surface area contributed by atoms with E-state index < -0.39 is 5.41 Å². The van der Waals surface area contributed by atoms with Crippen molar-refractivity contribution in [3.63, 3.8) is 0 Å². The minimum Gasteiger partial charge on any atom is -0.489 e. The second-order valence-electron chi connectivity index (χ2n) is 5.28. The number of carbonyl (C=O) groups is 1. The number of nitrogens with two attached hydrogens (primary N) is 1. The molecule has 0 bridgehead atoms. The van der Waals surface area contributed by atoms with Crippen LogP contribution in [0.3, 0.4) is 0 Å². The van der Waals surface area contributed by atoms with Gasteiger partial charge in [0.25, 0.3) is 0 Å². The van der Waals surface area contributed by atoms with E-state index in [2.05, 4.69) is 5.32 Å². The Morgan fingerprint density at radius 2 is 1.86 bits per heavy atom. The molecule has 4 nitrogen and oxygen atoms in total. The van der Waals surface area contributed by atoms with Crippen molar-refractivity contribution in [1.29, 1.82) is 0 Å². The zero-order valence-electron chi connectivity index (χ0n) is 13.4. The quantitative estimate of drug-likeness (QED) is 0.756. The summed E-state index contributed by atoms with van der Waals surface area (Å²) in [7, 11) is 0. The van der Waals surface area contributed by atoms with E-state index >= 15 is 0 Å². The lowest BCUT2D eigenvalue weighted by Crippen LogP contribution is -2.47. The number of carbonyl (C=O) groups excluding carboxylic acids is 1. The number of hydrogen-bond acceptors (Lipinski definition) is 3. The molecule has 1 amide bonds. The molecule has 0 saturated heterocycles. The van der Waals surface area contributed by atoms with Crippen molar-refractivity contribution in [2.45, 2.75) is 39.7 Å². The Labute approximate surface area is 144 Å². The van der Waals surface area contributed by atoms with E-state index in [1.807, 2.05) is 32.9 Å². The highest BCUT2D eigenvalue weighted by atomic mass is 35.5. The zero-order valence-corrected chi connectivity index (χ0v) is 15.0. The third kappa shape index (κ3) is 5.67. The molecule has 0 aliphatic rings. The molecule has 22 heavy (non-hydrogen) atoms. The molecule has 0 saturated carbocycles. The number of benzene rings is 1. The number of nitrogens with one attached hydrogen (secondary N) is 1. The van der Waals surface area contributed by atoms with Gasteiger partial charge in [-0.2, -0.15) is 0 Å². The van der Waals surface area contributed by atoms with Gasteiger partial charge in [-0.05, 0) is 44.0 Å². The minimum absolute atomic E-state index is 0. The van der Waals surface area contributed by atoms with Crippen LogP contribution in [0, 0.1) is 5.41 Å². The predicted molar refractivity (Wildman–Crippen MR) is 93.9 cm³/mol. The molecule has 0 aliphatic heterocycles. The molecule has 0 heterocycles. The Bertz CT molecular complexity index is 440. The molecule has 1 aromatic carbocycles. The van der Waals surface area contributed by atoms with Gasteiger partial charge in [-0.3, -0.25) is 4.79 Å². The van der Waals surface area contributed by atoms with Crippen molar-refractivity contribution < 1.29 is 9.53 Å². The largest absolute Gasteiger partial charge is 0.489 e. The molecule has 0 radical (unpaired) electrons. The smallest absolute Gasteiger partial charge is 0.227 e. The summed E-state index contributed by atoms with van der Waals surface area (Å²) < 4.78 is 5.73. The van der Waals surface area contributed by atoms with E-state index in [1.165, 1.54) is 0 Å². The third-order valence-corrected chi connectivity index (χ3v) is 4.18. The highest BCUT2D eigenvalue weighted by Gasteiger charge is 2.33. The molecule has 0 fully saturated rings. The van der Waals surface area contributed by atoms with Crippen LogP contribution in [0.15, 0.2) is 24.3 Å². The topological polar surface area (TPSA) is 64.4 Å². The van der Waals surface area contributed by atoms with Crippen LogP contribution in [0.25, 0.3) is 0 Å². The maximum atomic E-state index is 12.3. The summed E-state index contributed by atoms with van der Waals surface area (Å²) in [6.07, 6.45) is 1.34. The maximum absolute atomic E-state index is 12.3. The molecule has 3 N–H and O–H groups in total. The highest BCUT2D eigenvalue weighted by Crippen LogP contribution is 2.25. The van der Waals surface area contributed by atoms with Gasteiger partial charge in [0.05, 0.1) is 12.0 Å². The second kappa shape index (κ2) is 9.93. The Morgan fingerprint density at radius 3 is 2.32 bits per heavy atom. The van der Waals surface area contributed by atoms with E-state index in [4.69, 9.17) is 22.1 Å². The van der Waals surface area contributed by atoms with E-state index in [-0.39, 0.29) is 24.4 Å². The van der Waals surface area contributed by atoms with Crippen LogP contribution in [-0.2, 0) is 4.79 Å². The van der Waals surface area contributed by atoms with Crippen molar-refractivity contribution in [3.05, 3.63) is 29.3 Å². The van der Waals surface area contributed by atoms with Crippen LogP contribution in [-0.4, -0.2) is 25.1 Å². The Hall–Kier alpha value is -0.970. The van der Waals surface area contributed by atoms with Crippen molar-refractivity contribution >= 4 is 29.9 Å². The molecule has 1 rings (SSSR count). The van der Waals surface area contributed by atoms with E-state index in [1.54, 1.807) is 12.1 Å². The molecule has 1 aromatic rings. The Morgan fingerprint density at radius 1 is 1.32 bits per heavy atom. The summed E-state index contributed by atoms with van der Waals surface area (Å²) in [4.78, 5) is 12.3. The minimum atomic E-state index is -0.472. The van der Waals surface area contributed by atoms with E-state index in [0.29, 0.717) is 18.1 Å². The first-order valence-corrected chi connectivity index (χ1v) is 7.75. The lowest BCUT2D eigenvalue weighted by molar-refractivity contribution is -0.131. The number of amides is 1. The van der Waals surface area contributed by atoms with Gasteiger partial charge in [-0.1, -0.05) is 25.4 Å². The monoisotopic (exact) mass is 348 g/mol. The van der Waals surface area contributed by atoms with Crippen LogP contribution in [0.4, 0.5) is 0 Å². The molecule has 6 heteroatoms. The average Bonchev–Trinajstić information content (AvgIpc) is 2.50. The summed E-state index contributed by atoms with van der Waals surface area (Å²) in [5.41, 5.74) is 5.30. The molecule has 1 atom stereocenters. The van der Waals surface area contributed by atoms with Gasteiger partial charge < -0.3 is 15.8 Å². The van der Waals surface area contributed by atoms with Crippen molar-refractivity contribution in [2.24, 2.45) is 11.1 Å². The first-order valence-electron chi connectivity index (χ1n) is 7.38. The summed E-state index contributed by atoms with van der Waals surface area (Å²) in [6.45, 7) is 6.70. The molecule has 0 spiro atoms. The van der Waals surface area contributed by atoms with Crippen molar-refractivity contribution in [3.8, 4) is 5.75 Å². The SMILES string of the molecule is CCC(CC)(CN)C(=O)NCC(C)Oc1ccc(Cl)cc1.Cl. The molecule has 0 aromatic heterocycles. The first-order chi connectivity index (χ1) is 9.97. The average molecular weight is 349 g/mol. The van der Waals surface area contributed by atoms with Gasteiger partial charge in [0, 0.05) is 11.6 Å². The summed E-state index contributed by atoms with van der Waals surface area (Å²) in [5, 5.41) is 3.61. The van der Waals surface area contributed by atoms with Crippen LogP contribution < -0.4 is 15.8 Å². The summed E-state index contributed by atoms with van der Waals surface area (Å²) in [5.74, 6) is 0.735. The second-order valence-corrected chi connectivity index (χ2v) is 5.72. The van der Waals surface area contributed by atoms with Crippen LogP contribution >= 0.6 is 24.0 Å². The molecule has 1 unspecified atom stereocenters. The fourth-order valence-electron chi connectivity index (χ4n) is 2.16. The highest BCUT2D eigenvalue weighted by molar-refractivity contribution is 6.30. The lowest BCUT2D eigenvalue weighted by atomic mass is 9.81. The predicted octanol–water partition coefficient (Wildman–Crippen LogP) is 3.41. The molecular formula is C16H26Cl2N2O2. The summed E-state index contributed by atoms with van der Waals surface area (Å²) in [6, 6.07) is 7.16. The van der Waals surface area contributed by atoms with Gasteiger partial charge >= 0.3 is 0 Å². The van der Waals surface area contributed by atoms with Gasteiger partial charge in [-0.15, -0.1) is 12.4 Å². The number of hydrogen-bond donors (Lipinski definition) is 2. The van der Waals surface area contributed by atoms with Crippen molar-refractivity contribution in [1.82, 2.24) is 5.32 Å². The van der Waals surface area contributed by atoms with E-state index in [9.17, 15) is 4.79 Å². The number of halogens is 2. The van der Waals surface area contributed by atoms with Crippen LogP contribution in [0.1, 0.15) is 33.6 Å². The third-order valence-electron chi connectivity index (χ3n) is 3.93.